The molecule has 0 unspecified atom stereocenters. The Morgan fingerprint density at radius 3 is 3.06 bits per heavy atom. The minimum absolute atomic E-state index is 0.806. The molecule has 1 aliphatic rings. The zero-order chi connectivity index (χ0) is 11.2. The Labute approximate surface area is 96.3 Å². The molecule has 1 aromatic rings. The first-order valence-corrected chi connectivity index (χ1v) is 5.60. The van der Waals surface area contributed by atoms with Gasteiger partial charge in [0.25, 0.3) is 0 Å². The van der Waals surface area contributed by atoms with Crippen molar-refractivity contribution in [2.75, 3.05) is 19.6 Å². The maximum Gasteiger partial charge on any atom is 0.191 e. The number of nitrogens with zero attached hydrogens (tertiary/aromatic N) is 1. The zero-order valence-electron chi connectivity index (χ0n) is 9.53. The van der Waals surface area contributed by atoms with Crippen LogP contribution in [0.3, 0.4) is 0 Å². The number of nitrogens with one attached hydrogen (secondary N) is 2. The fourth-order valence-electron chi connectivity index (χ4n) is 1.63. The van der Waals surface area contributed by atoms with E-state index in [2.05, 4.69) is 59.0 Å². The Bertz CT molecular complexity index is 407. The Hall–Kier alpha value is -1.77. The molecule has 0 aromatic heterocycles. The fraction of sp³-hybridized carbons (Fsp3) is 0.308. The highest BCUT2D eigenvalue weighted by molar-refractivity contribution is 5.81. The lowest BCUT2D eigenvalue weighted by Crippen LogP contribution is -2.33. The van der Waals surface area contributed by atoms with Crippen molar-refractivity contribution >= 4 is 12.0 Å². The summed E-state index contributed by atoms with van der Waals surface area (Å²) in [5.41, 5.74) is 2.57. The van der Waals surface area contributed by atoms with Crippen molar-refractivity contribution in [3.8, 4) is 0 Å². The van der Waals surface area contributed by atoms with Gasteiger partial charge in [0.15, 0.2) is 5.96 Å². The molecule has 0 spiro atoms. The van der Waals surface area contributed by atoms with Crippen molar-refractivity contribution in [1.82, 2.24) is 10.6 Å². The predicted octanol–water partition coefficient (Wildman–Crippen LogP) is 1.56. The highest BCUT2D eigenvalue weighted by Gasteiger charge is 2.00. The summed E-state index contributed by atoms with van der Waals surface area (Å²) in [6.07, 6.45) is 4.25. The van der Waals surface area contributed by atoms with Gasteiger partial charge in [0, 0.05) is 13.1 Å². The van der Waals surface area contributed by atoms with E-state index in [1.165, 1.54) is 11.1 Å². The summed E-state index contributed by atoms with van der Waals surface area (Å²) in [5, 5.41) is 6.40. The number of hydrogen-bond acceptors (Lipinski definition) is 3. The van der Waals surface area contributed by atoms with Crippen LogP contribution in [0.5, 0.6) is 0 Å². The van der Waals surface area contributed by atoms with Crippen LogP contribution in [0.1, 0.15) is 11.1 Å². The molecular formula is C13H17N3. The van der Waals surface area contributed by atoms with E-state index in [4.69, 9.17) is 0 Å². The largest absolute Gasteiger partial charge is 0.355 e. The quantitative estimate of drug-likeness (QED) is 0.802. The minimum atomic E-state index is 0.806. The molecule has 0 saturated heterocycles. The van der Waals surface area contributed by atoms with E-state index in [-0.39, 0.29) is 0 Å². The van der Waals surface area contributed by atoms with E-state index in [0.29, 0.717) is 0 Å². The van der Waals surface area contributed by atoms with Gasteiger partial charge in [-0.15, -0.1) is 0 Å². The second-order valence-corrected chi connectivity index (χ2v) is 3.80. The molecule has 16 heavy (non-hydrogen) atoms. The molecule has 84 valence electrons. The molecule has 1 heterocycles. The molecule has 2 rings (SSSR count). The van der Waals surface area contributed by atoms with E-state index >= 15 is 0 Å². The van der Waals surface area contributed by atoms with Gasteiger partial charge < -0.3 is 10.6 Å². The molecule has 0 amide bonds. The molecule has 1 aromatic carbocycles. The average molecular weight is 215 g/mol. The van der Waals surface area contributed by atoms with E-state index in [1.54, 1.807) is 0 Å². The van der Waals surface area contributed by atoms with Gasteiger partial charge in [0.1, 0.15) is 0 Å². The molecule has 1 aliphatic heterocycles. The first-order valence-electron chi connectivity index (χ1n) is 5.60. The van der Waals surface area contributed by atoms with Crippen LogP contribution in [0.25, 0.3) is 6.08 Å². The number of rotatable bonds is 3. The fourth-order valence-corrected chi connectivity index (χ4v) is 1.63. The van der Waals surface area contributed by atoms with Gasteiger partial charge in [-0.1, -0.05) is 36.4 Å². The third kappa shape index (κ3) is 2.86. The average Bonchev–Trinajstić information content (AvgIpc) is 2.79. The summed E-state index contributed by atoms with van der Waals surface area (Å²) in [6, 6.07) is 8.36. The van der Waals surface area contributed by atoms with Gasteiger partial charge >= 0.3 is 0 Å². The van der Waals surface area contributed by atoms with Crippen molar-refractivity contribution in [3.05, 3.63) is 41.5 Å². The van der Waals surface area contributed by atoms with Gasteiger partial charge in [-0.25, -0.2) is 0 Å². The SMILES string of the molecule is Cc1ccccc1/C=C/CNC1=NCCN1. The highest BCUT2D eigenvalue weighted by Crippen LogP contribution is 2.08. The monoisotopic (exact) mass is 215 g/mol. The predicted molar refractivity (Wildman–Crippen MR) is 68.5 cm³/mol. The van der Waals surface area contributed by atoms with Crippen LogP contribution in [0, 0.1) is 6.92 Å². The lowest BCUT2D eigenvalue weighted by atomic mass is 10.1. The Kier molecular flexibility index (Phi) is 3.59. The number of benzene rings is 1. The van der Waals surface area contributed by atoms with Gasteiger partial charge in [-0.3, -0.25) is 4.99 Å². The van der Waals surface area contributed by atoms with Crippen LogP contribution in [0.15, 0.2) is 35.3 Å². The minimum Gasteiger partial charge on any atom is -0.355 e. The molecule has 0 radical (unpaired) electrons. The molecule has 0 saturated carbocycles. The van der Waals surface area contributed by atoms with Gasteiger partial charge in [-0.2, -0.15) is 0 Å². The first kappa shape index (κ1) is 10.7. The zero-order valence-corrected chi connectivity index (χ0v) is 9.53. The number of hydrogen-bond donors (Lipinski definition) is 2. The topological polar surface area (TPSA) is 36.4 Å². The smallest absolute Gasteiger partial charge is 0.191 e. The van der Waals surface area contributed by atoms with Crippen molar-refractivity contribution in [2.24, 2.45) is 4.99 Å². The van der Waals surface area contributed by atoms with Crippen molar-refractivity contribution in [1.29, 1.82) is 0 Å². The Morgan fingerprint density at radius 2 is 2.31 bits per heavy atom. The van der Waals surface area contributed by atoms with Gasteiger partial charge in [0.05, 0.1) is 6.54 Å². The third-order valence-electron chi connectivity index (χ3n) is 2.55. The maximum atomic E-state index is 4.26. The maximum absolute atomic E-state index is 4.26. The van der Waals surface area contributed by atoms with Gasteiger partial charge in [0.2, 0.25) is 0 Å². The van der Waals surface area contributed by atoms with Crippen molar-refractivity contribution in [3.63, 3.8) is 0 Å². The summed E-state index contributed by atoms with van der Waals surface area (Å²) in [4.78, 5) is 4.26. The molecule has 0 atom stereocenters. The summed E-state index contributed by atoms with van der Waals surface area (Å²) in [5.74, 6) is 0.912. The number of aryl methyl sites for hydroxylation is 1. The molecule has 2 N–H and O–H groups in total. The number of aliphatic imine (C=N–C) groups is 1. The van der Waals surface area contributed by atoms with Crippen molar-refractivity contribution < 1.29 is 0 Å². The standard InChI is InChI=1S/C13H17N3/c1-11-5-2-3-6-12(11)7-4-8-14-13-15-9-10-16-13/h2-7H,8-10H2,1H3,(H2,14,15,16)/b7-4+. The van der Waals surface area contributed by atoms with Crippen LogP contribution in [-0.4, -0.2) is 25.6 Å². The van der Waals surface area contributed by atoms with Crippen LogP contribution in [-0.2, 0) is 0 Å². The van der Waals surface area contributed by atoms with Crippen molar-refractivity contribution in [2.45, 2.75) is 6.92 Å². The normalized spacial score (nSPS) is 14.9. The molecule has 3 nitrogen and oxygen atoms in total. The van der Waals surface area contributed by atoms with Crippen LogP contribution in [0.4, 0.5) is 0 Å². The lowest BCUT2D eigenvalue weighted by molar-refractivity contribution is 0.924. The Morgan fingerprint density at radius 1 is 1.44 bits per heavy atom. The van der Waals surface area contributed by atoms with E-state index in [1.807, 2.05) is 0 Å². The second-order valence-electron chi connectivity index (χ2n) is 3.80. The molecule has 3 heteroatoms. The summed E-state index contributed by atoms with van der Waals surface area (Å²) < 4.78 is 0. The van der Waals surface area contributed by atoms with Crippen LogP contribution in [0.2, 0.25) is 0 Å². The lowest BCUT2D eigenvalue weighted by Gasteiger charge is -2.03. The summed E-state index contributed by atoms with van der Waals surface area (Å²) in [6.45, 7) is 4.75. The molecular weight excluding hydrogens is 198 g/mol. The summed E-state index contributed by atoms with van der Waals surface area (Å²) >= 11 is 0. The third-order valence-corrected chi connectivity index (χ3v) is 2.55. The summed E-state index contributed by atoms with van der Waals surface area (Å²) in [7, 11) is 0. The van der Waals surface area contributed by atoms with Crippen LogP contribution < -0.4 is 10.6 Å². The van der Waals surface area contributed by atoms with E-state index < -0.39 is 0 Å². The highest BCUT2D eigenvalue weighted by atomic mass is 15.2. The second kappa shape index (κ2) is 5.35. The van der Waals surface area contributed by atoms with E-state index in [0.717, 1.165) is 25.6 Å². The van der Waals surface area contributed by atoms with Crippen LogP contribution >= 0.6 is 0 Å². The molecule has 0 bridgehead atoms. The molecule has 0 fully saturated rings. The molecule has 0 aliphatic carbocycles. The van der Waals surface area contributed by atoms with Gasteiger partial charge in [-0.05, 0) is 18.1 Å². The van der Waals surface area contributed by atoms with E-state index in [9.17, 15) is 0 Å². The first-order chi connectivity index (χ1) is 7.86. The Balaban J connectivity index is 1.83. The number of guanidine groups is 1.